The summed E-state index contributed by atoms with van der Waals surface area (Å²) in [6, 6.07) is 0.293. The zero-order valence-corrected chi connectivity index (χ0v) is 7.84. The van der Waals surface area contributed by atoms with Crippen molar-refractivity contribution in [2.24, 2.45) is 5.73 Å². The maximum Gasteiger partial charge on any atom is 0.0223 e. The Bertz CT molecular complexity index is 97.0. The molecule has 1 heteroatoms. The van der Waals surface area contributed by atoms with E-state index in [1.807, 2.05) is 0 Å². The van der Waals surface area contributed by atoms with Gasteiger partial charge in [0.1, 0.15) is 0 Å². The molecule has 0 spiro atoms. The van der Waals surface area contributed by atoms with Gasteiger partial charge in [-0.1, -0.05) is 45.3 Å². The Balaban J connectivity index is 3.27. The van der Waals surface area contributed by atoms with Gasteiger partial charge in [0, 0.05) is 6.04 Å². The van der Waals surface area contributed by atoms with Crippen molar-refractivity contribution in [3.63, 3.8) is 0 Å². The third-order valence-corrected chi connectivity index (χ3v) is 1.73. The molecular weight excluding hydrogens is 134 g/mol. The van der Waals surface area contributed by atoms with Crippen LogP contribution in [0.2, 0.25) is 0 Å². The Morgan fingerprint density at radius 2 is 2.00 bits per heavy atom. The summed E-state index contributed by atoms with van der Waals surface area (Å²) in [6.07, 6.45) is 10.3. The molecule has 0 aliphatic heterocycles. The lowest BCUT2D eigenvalue weighted by Gasteiger charge is -2.03. The zero-order valence-electron chi connectivity index (χ0n) is 7.84. The molecule has 0 heterocycles. The van der Waals surface area contributed by atoms with Crippen LogP contribution in [0.15, 0.2) is 12.2 Å². The van der Waals surface area contributed by atoms with E-state index in [9.17, 15) is 0 Å². The minimum Gasteiger partial charge on any atom is -0.324 e. The molecule has 1 nitrogen and oxygen atoms in total. The van der Waals surface area contributed by atoms with Gasteiger partial charge in [-0.05, 0) is 12.8 Å². The highest BCUT2D eigenvalue weighted by Gasteiger charge is 1.93. The highest BCUT2D eigenvalue weighted by atomic mass is 14.6. The maximum absolute atomic E-state index is 5.81. The Kier molecular flexibility index (Phi) is 7.59. The number of unbranched alkanes of at least 4 members (excludes halogenated alkanes) is 2. The average molecular weight is 155 g/mol. The van der Waals surface area contributed by atoms with Gasteiger partial charge in [0.2, 0.25) is 0 Å². The van der Waals surface area contributed by atoms with Crippen LogP contribution in [-0.4, -0.2) is 6.04 Å². The van der Waals surface area contributed by atoms with Crippen molar-refractivity contribution in [2.75, 3.05) is 0 Å². The van der Waals surface area contributed by atoms with Crippen molar-refractivity contribution in [1.82, 2.24) is 0 Å². The fourth-order valence-corrected chi connectivity index (χ4v) is 0.974. The van der Waals surface area contributed by atoms with E-state index in [1.165, 1.54) is 25.7 Å². The Labute approximate surface area is 70.7 Å². The molecule has 1 unspecified atom stereocenters. The lowest BCUT2D eigenvalue weighted by molar-refractivity contribution is 0.653. The average Bonchev–Trinajstić information content (AvgIpc) is 2.01. The molecule has 0 rings (SSSR count). The first-order valence-corrected chi connectivity index (χ1v) is 4.73. The van der Waals surface area contributed by atoms with Crippen LogP contribution in [0.25, 0.3) is 0 Å². The van der Waals surface area contributed by atoms with Gasteiger partial charge in [0.05, 0.1) is 0 Å². The van der Waals surface area contributed by atoms with E-state index in [-0.39, 0.29) is 0 Å². The molecule has 2 N–H and O–H groups in total. The van der Waals surface area contributed by atoms with E-state index in [0.29, 0.717) is 6.04 Å². The van der Waals surface area contributed by atoms with Gasteiger partial charge in [-0.15, -0.1) is 0 Å². The molecule has 66 valence electrons. The van der Waals surface area contributed by atoms with Crippen molar-refractivity contribution in [3.05, 3.63) is 12.2 Å². The first-order valence-electron chi connectivity index (χ1n) is 4.73. The van der Waals surface area contributed by atoms with Crippen LogP contribution in [0.3, 0.4) is 0 Å². The molecule has 0 bridgehead atoms. The zero-order chi connectivity index (χ0) is 8.53. The van der Waals surface area contributed by atoms with E-state index >= 15 is 0 Å². The fourth-order valence-electron chi connectivity index (χ4n) is 0.974. The quantitative estimate of drug-likeness (QED) is 0.586. The second-order valence-electron chi connectivity index (χ2n) is 3.02. The topological polar surface area (TPSA) is 26.0 Å². The minimum absolute atomic E-state index is 0.293. The number of hydrogen-bond acceptors (Lipinski definition) is 1. The van der Waals surface area contributed by atoms with E-state index in [0.717, 1.165) is 6.42 Å². The highest BCUT2D eigenvalue weighted by molar-refractivity contribution is 4.90. The highest BCUT2D eigenvalue weighted by Crippen LogP contribution is 2.00. The largest absolute Gasteiger partial charge is 0.324 e. The summed E-state index contributed by atoms with van der Waals surface area (Å²) in [6.45, 7) is 4.38. The lowest BCUT2D eigenvalue weighted by Crippen LogP contribution is -2.15. The first kappa shape index (κ1) is 10.7. The van der Waals surface area contributed by atoms with Crippen molar-refractivity contribution in [2.45, 2.75) is 52.0 Å². The van der Waals surface area contributed by atoms with Gasteiger partial charge in [-0.2, -0.15) is 0 Å². The van der Waals surface area contributed by atoms with Crippen molar-refractivity contribution in [3.8, 4) is 0 Å². The summed E-state index contributed by atoms with van der Waals surface area (Å²) in [5.74, 6) is 0. The van der Waals surface area contributed by atoms with Crippen LogP contribution in [0.1, 0.15) is 46.0 Å². The van der Waals surface area contributed by atoms with Crippen LogP contribution in [-0.2, 0) is 0 Å². The smallest absolute Gasteiger partial charge is 0.0223 e. The van der Waals surface area contributed by atoms with Gasteiger partial charge in [0.15, 0.2) is 0 Å². The molecule has 0 amide bonds. The molecule has 1 atom stereocenters. The summed E-state index contributed by atoms with van der Waals surface area (Å²) in [5.41, 5.74) is 5.81. The van der Waals surface area contributed by atoms with Crippen molar-refractivity contribution in [1.29, 1.82) is 0 Å². The summed E-state index contributed by atoms with van der Waals surface area (Å²) in [7, 11) is 0. The predicted octanol–water partition coefficient (Wildman–Crippen LogP) is 2.86. The lowest BCUT2D eigenvalue weighted by atomic mass is 10.1. The number of allylic oxidation sites excluding steroid dienone is 1. The van der Waals surface area contributed by atoms with E-state index in [2.05, 4.69) is 26.0 Å². The molecule has 0 aliphatic rings. The fraction of sp³-hybridized carbons (Fsp3) is 0.800. The van der Waals surface area contributed by atoms with Gasteiger partial charge in [0.25, 0.3) is 0 Å². The predicted molar refractivity (Wildman–Crippen MR) is 51.5 cm³/mol. The maximum atomic E-state index is 5.81. The molecule has 0 radical (unpaired) electrons. The van der Waals surface area contributed by atoms with E-state index in [4.69, 9.17) is 5.73 Å². The second kappa shape index (κ2) is 7.80. The second-order valence-corrected chi connectivity index (χ2v) is 3.02. The summed E-state index contributed by atoms with van der Waals surface area (Å²) in [5, 5.41) is 0. The van der Waals surface area contributed by atoms with Crippen molar-refractivity contribution < 1.29 is 0 Å². The SMILES string of the molecule is CCC/C=C/C(N)CCCC. The number of rotatable bonds is 6. The standard InChI is InChI=1S/C10H21N/c1-3-5-7-9-10(11)8-6-4-2/h7,9-10H,3-6,8,11H2,1-2H3/b9-7+. The number of nitrogens with two attached hydrogens (primary N) is 1. The molecule has 0 fully saturated rings. The molecule has 0 aromatic carbocycles. The van der Waals surface area contributed by atoms with E-state index < -0.39 is 0 Å². The van der Waals surface area contributed by atoms with Crippen LogP contribution in [0.5, 0.6) is 0 Å². The van der Waals surface area contributed by atoms with Gasteiger partial charge in [-0.3, -0.25) is 0 Å². The minimum atomic E-state index is 0.293. The molecule has 0 saturated heterocycles. The third kappa shape index (κ3) is 7.60. The molecule has 0 aromatic rings. The monoisotopic (exact) mass is 155 g/mol. The number of hydrogen-bond donors (Lipinski definition) is 1. The molecule has 0 aromatic heterocycles. The van der Waals surface area contributed by atoms with Crippen LogP contribution >= 0.6 is 0 Å². The first-order chi connectivity index (χ1) is 5.31. The Morgan fingerprint density at radius 3 is 2.55 bits per heavy atom. The van der Waals surface area contributed by atoms with Crippen LogP contribution in [0.4, 0.5) is 0 Å². The van der Waals surface area contributed by atoms with Crippen LogP contribution < -0.4 is 5.73 Å². The Hall–Kier alpha value is -0.300. The van der Waals surface area contributed by atoms with E-state index in [1.54, 1.807) is 0 Å². The van der Waals surface area contributed by atoms with Gasteiger partial charge >= 0.3 is 0 Å². The normalized spacial score (nSPS) is 14.1. The summed E-state index contributed by atoms with van der Waals surface area (Å²) >= 11 is 0. The van der Waals surface area contributed by atoms with Crippen molar-refractivity contribution >= 4 is 0 Å². The van der Waals surface area contributed by atoms with Gasteiger partial charge < -0.3 is 5.73 Å². The third-order valence-electron chi connectivity index (χ3n) is 1.73. The Morgan fingerprint density at radius 1 is 1.27 bits per heavy atom. The summed E-state index contributed by atoms with van der Waals surface area (Å²) in [4.78, 5) is 0. The summed E-state index contributed by atoms with van der Waals surface area (Å²) < 4.78 is 0. The molecule has 0 aliphatic carbocycles. The molecule has 0 saturated carbocycles. The molecular formula is C10H21N. The molecule has 11 heavy (non-hydrogen) atoms. The van der Waals surface area contributed by atoms with Crippen LogP contribution in [0, 0.1) is 0 Å². The van der Waals surface area contributed by atoms with Gasteiger partial charge in [-0.25, -0.2) is 0 Å².